The summed E-state index contributed by atoms with van der Waals surface area (Å²) in [7, 11) is 0. The quantitative estimate of drug-likeness (QED) is 0.145. The molecular weight excluding hydrogens is 422 g/mol. The van der Waals surface area contributed by atoms with Gasteiger partial charge in [-0.3, -0.25) is 5.43 Å². The Kier molecular flexibility index (Phi) is 4.97. The molecule has 0 saturated carbocycles. The van der Waals surface area contributed by atoms with Crippen molar-refractivity contribution in [3.05, 3.63) is 95.0 Å². The maximum absolute atomic E-state index is 12.9. The molecule has 0 spiro atoms. The number of nitrogens with zero attached hydrogens (tertiary/aromatic N) is 3. The van der Waals surface area contributed by atoms with Crippen molar-refractivity contribution in [2.24, 2.45) is 10.8 Å². The van der Waals surface area contributed by atoms with Gasteiger partial charge in [0.1, 0.15) is 11.3 Å². The van der Waals surface area contributed by atoms with Gasteiger partial charge in [0.05, 0.1) is 17.5 Å². The van der Waals surface area contributed by atoms with E-state index in [2.05, 4.69) is 15.6 Å². The summed E-state index contributed by atoms with van der Waals surface area (Å²) in [5, 5.41) is 11.6. The fourth-order valence-corrected chi connectivity index (χ4v) is 3.66. The fourth-order valence-electron chi connectivity index (χ4n) is 3.61. The zero-order valence-electron chi connectivity index (χ0n) is 16.7. The van der Waals surface area contributed by atoms with Crippen LogP contribution in [-0.2, 0) is 0 Å². The Hall–Kier alpha value is -4.30. The topological polar surface area (TPSA) is 98.4 Å². The summed E-state index contributed by atoms with van der Waals surface area (Å²) in [4.78, 5) is 12.9. The number of nitrogens with one attached hydrogen (secondary N) is 1. The predicted octanol–water partition coefficient (Wildman–Crippen LogP) is 3.97. The Balaban J connectivity index is 1.73. The van der Waals surface area contributed by atoms with Crippen molar-refractivity contribution in [3.63, 3.8) is 0 Å². The van der Waals surface area contributed by atoms with E-state index in [4.69, 9.17) is 22.4 Å². The number of benzene rings is 3. The van der Waals surface area contributed by atoms with Gasteiger partial charge in [-0.2, -0.15) is 10.2 Å². The molecule has 7 nitrogen and oxygen atoms in total. The third-order valence-corrected chi connectivity index (χ3v) is 5.13. The van der Waals surface area contributed by atoms with Crippen LogP contribution in [0.2, 0.25) is 0 Å². The molecule has 0 radical (unpaired) electrons. The Labute approximate surface area is 187 Å². The summed E-state index contributed by atoms with van der Waals surface area (Å²) in [6.07, 6.45) is 3.30. The van der Waals surface area contributed by atoms with Gasteiger partial charge in [0.15, 0.2) is 5.11 Å². The van der Waals surface area contributed by atoms with Crippen LogP contribution < -0.4 is 16.8 Å². The zero-order valence-corrected chi connectivity index (χ0v) is 17.5. The molecule has 2 aromatic heterocycles. The minimum Gasteiger partial charge on any atom is -0.422 e. The predicted molar refractivity (Wildman–Crippen MR) is 130 cm³/mol. The molecular formula is C24H17N5O2S. The lowest BCUT2D eigenvalue weighted by molar-refractivity contribution is 0.563. The number of hydrazone groups is 1. The highest BCUT2D eigenvalue weighted by molar-refractivity contribution is 7.80. The third-order valence-electron chi connectivity index (χ3n) is 5.04. The number of para-hydroxylation sites is 1. The first-order valence-corrected chi connectivity index (χ1v) is 10.2. The molecule has 32 heavy (non-hydrogen) atoms. The molecule has 3 aromatic carbocycles. The molecule has 2 heterocycles. The Morgan fingerprint density at radius 3 is 2.66 bits per heavy atom. The van der Waals surface area contributed by atoms with Crippen molar-refractivity contribution in [2.75, 3.05) is 0 Å². The van der Waals surface area contributed by atoms with Crippen molar-refractivity contribution >= 4 is 45.3 Å². The van der Waals surface area contributed by atoms with Gasteiger partial charge in [0, 0.05) is 17.1 Å². The highest BCUT2D eigenvalue weighted by Crippen LogP contribution is 2.28. The van der Waals surface area contributed by atoms with E-state index in [0.29, 0.717) is 22.4 Å². The SMILES string of the molecule is NC(=S)N/N=C/c1cn(-c2ccccc2)nc1-c1cc2c(ccc3ccccc32)oc1=O. The summed E-state index contributed by atoms with van der Waals surface area (Å²) in [5.41, 5.74) is 10.2. The van der Waals surface area contributed by atoms with Gasteiger partial charge in [-0.05, 0) is 47.3 Å². The smallest absolute Gasteiger partial charge is 0.345 e. The van der Waals surface area contributed by atoms with Crippen LogP contribution >= 0.6 is 12.2 Å². The molecule has 0 fully saturated rings. The van der Waals surface area contributed by atoms with Crippen LogP contribution in [0.3, 0.4) is 0 Å². The van der Waals surface area contributed by atoms with Gasteiger partial charge < -0.3 is 10.2 Å². The minimum absolute atomic E-state index is 0.0370. The largest absolute Gasteiger partial charge is 0.422 e. The van der Waals surface area contributed by atoms with E-state index in [1.807, 2.05) is 66.7 Å². The van der Waals surface area contributed by atoms with Gasteiger partial charge in [-0.1, -0.05) is 48.5 Å². The van der Waals surface area contributed by atoms with Crippen LogP contribution in [-0.4, -0.2) is 21.1 Å². The van der Waals surface area contributed by atoms with E-state index >= 15 is 0 Å². The van der Waals surface area contributed by atoms with E-state index in [-0.39, 0.29) is 5.11 Å². The number of thiocarbonyl (C=S) groups is 1. The molecule has 5 aromatic rings. The summed E-state index contributed by atoms with van der Waals surface area (Å²) >= 11 is 4.80. The van der Waals surface area contributed by atoms with Crippen LogP contribution in [0.15, 0.2) is 93.3 Å². The van der Waals surface area contributed by atoms with E-state index in [9.17, 15) is 4.79 Å². The summed E-state index contributed by atoms with van der Waals surface area (Å²) in [5.74, 6) is 0. The first-order valence-electron chi connectivity index (χ1n) is 9.80. The minimum atomic E-state index is -0.483. The Morgan fingerprint density at radius 2 is 1.84 bits per heavy atom. The highest BCUT2D eigenvalue weighted by atomic mass is 32.1. The second kappa shape index (κ2) is 8.09. The van der Waals surface area contributed by atoms with Gasteiger partial charge in [-0.25, -0.2) is 9.48 Å². The number of nitrogens with two attached hydrogens (primary N) is 1. The molecule has 0 saturated heterocycles. The maximum atomic E-state index is 12.9. The molecule has 0 aliphatic rings. The molecule has 5 rings (SSSR count). The van der Waals surface area contributed by atoms with Crippen molar-refractivity contribution in [2.45, 2.75) is 0 Å². The number of rotatable bonds is 4. The summed E-state index contributed by atoms with van der Waals surface area (Å²) in [6.45, 7) is 0. The zero-order chi connectivity index (χ0) is 22.1. The monoisotopic (exact) mass is 439 g/mol. The highest BCUT2D eigenvalue weighted by Gasteiger charge is 2.17. The van der Waals surface area contributed by atoms with E-state index in [1.54, 1.807) is 16.9 Å². The van der Waals surface area contributed by atoms with Crippen LogP contribution in [0.4, 0.5) is 0 Å². The van der Waals surface area contributed by atoms with Crippen molar-refractivity contribution in [3.8, 4) is 16.9 Å². The first-order chi connectivity index (χ1) is 15.6. The average Bonchev–Trinajstić information content (AvgIpc) is 3.22. The summed E-state index contributed by atoms with van der Waals surface area (Å²) < 4.78 is 7.35. The van der Waals surface area contributed by atoms with Gasteiger partial charge in [-0.15, -0.1) is 0 Å². The van der Waals surface area contributed by atoms with Crippen molar-refractivity contribution < 1.29 is 4.42 Å². The van der Waals surface area contributed by atoms with E-state index < -0.39 is 5.63 Å². The third kappa shape index (κ3) is 3.63. The van der Waals surface area contributed by atoms with Crippen molar-refractivity contribution in [1.29, 1.82) is 0 Å². The van der Waals surface area contributed by atoms with Crippen LogP contribution in [0.25, 0.3) is 38.7 Å². The van der Waals surface area contributed by atoms with E-state index in [1.165, 1.54) is 6.21 Å². The molecule has 156 valence electrons. The first kappa shape index (κ1) is 19.7. The standard InChI is InChI=1S/C24H17N5O2S/c25-24(32)27-26-13-16-14-29(17-7-2-1-3-8-17)28-22(16)20-12-19-18-9-5-4-6-15(18)10-11-21(19)31-23(20)30/h1-14H,(H3,25,27,32)/b26-13+. The molecule has 3 N–H and O–H groups in total. The second-order valence-corrected chi connectivity index (χ2v) is 7.53. The van der Waals surface area contributed by atoms with Gasteiger partial charge >= 0.3 is 5.63 Å². The molecule has 0 atom stereocenters. The number of aromatic nitrogens is 2. The number of hydrogen-bond acceptors (Lipinski definition) is 5. The second-order valence-electron chi connectivity index (χ2n) is 7.09. The number of hydrogen-bond donors (Lipinski definition) is 2. The lowest BCUT2D eigenvalue weighted by atomic mass is 10.0. The van der Waals surface area contributed by atoms with Crippen LogP contribution in [0.5, 0.6) is 0 Å². The fraction of sp³-hybridized carbons (Fsp3) is 0. The Morgan fingerprint density at radius 1 is 1.06 bits per heavy atom. The van der Waals surface area contributed by atoms with Gasteiger partial charge in [0.2, 0.25) is 0 Å². The van der Waals surface area contributed by atoms with Crippen LogP contribution in [0, 0.1) is 0 Å². The molecule has 0 amide bonds. The summed E-state index contributed by atoms with van der Waals surface area (Å²) in [6, 6.07) is 23.1. The molecule has 8 heteroatoms. The average molecular weight is 440 g/mol. The molecule has 0 unspecified atom stereocenters. The van der Waals surface area contributed by atoms with Crippen LogP contribution in [0.1, 0.15) is 5.56 Å². The van der Waals surface area contributed by atoms with Crippen molar-refractivity contribution in [1.82, 2.24) is 15.2 Å². The normalized spacial score (nSPS) is 11.4. The number of fused-ring (bicyclic) bond motifs is 3. The lowest BCUT2D eigenvalue weighted by Crippen LogP contribution is -2.24. The molecule has 0 bridgehead atoms. The van der Waals surface area contributed by atoms with Gasteiger partial charge in [0.25, 0.3) is 0 Å². The maximum Gasteiger partial charge on any atom is 0.345 e. The lowest BCUT2D eigenvalue weighted by Gasteiger charge is -2.05. The molecule has 0 aliphatic carbocycles. The Bertz CT molecular complexity index is 1550. The van der Waals surface area contributed by atoms with E-state index in [0.717, 1.165) is 21.8 Å². The molecule has 0 aliphatic heterocycles.